The lowest BCUT2D eigenvalue weighted by atomic mass is 10.1. The first-order chi connectivity index (χ1) is 9.71. The summed E-state index contributed by atoms with van der Waals surface area (Å²) < 4.78 is 23.4. The molecule has 1 unspecified atom stereocenters. The summed E-state index contributed by atoms with van der Waals surface area (Å²) in [4.78, 5) is 14.2. The number of anilines is 1. The average molecular weight is 307 g/mol. The van der Waals surface area contributed by atoms with Crippen molar-refractivity contribution < 1.29 is 13.2 Å². The van der Waals surface area contributed by atoms with Crippen molar-refractivity contribution in [3.63, 3.8) is 0 Å². The van der Waals surface area contributed by atoms with E-state index in [4.69, 9.17) is 0 Å². The second-order valence-corrected chi connectivity index (χ2v) is 7.81. The maximum absolute atomic E-state index is 12.6. The van der Waals surface area contributed by atoms with Crippen LogP contribution in [0.15, 0.2) is 29.7 Å². The van der Waals surface area contributed by atoms with Crippen molar-refractivity contribution in [3.8, 4) is 0 Å². The third-order valence-electron chi connectivity index (χ3n) is 3.59. The number of amides is 1. The number of benzene rings is 1. The summed E-state index contributed by atoms with van der Waals surface area (Å²) in [6.45, 7) is 7.58. The number of aryl methyl sites for hydroxylation is 2. The highest BCUT2D eigenvalue weighted by molar-refractivity contribution is 7.94. The van der Waals surface area contributed by atoms with Crippen LogP contribution in [0.4, 0.5) is 5.69 Å². The van der Waals surface area contributed by atoms with Crippen molar-refractivity contribution in [3.05, 3.63) is 40.8 Å². The van der Waals surface area contributed by atoms with E-state index in [2.05, 4.69) is 0 Å². The zero-order chi connectivity index (χ0) is 15.8. The topological polar surface area (TPSA) is 54.5 Å². The van der Waals surface area contributed by atoms with Crippen LogP contribution in [0.2, 0.25) is 0 Å². The summed E-state index contributed by atoms with van der Waals surface area (Å²) in [6.07, 6.45) is 1.61. The van der Waals surface area contributed by atoms with Crippen molar-refractivity contribution in [2.75, 3.05) is 10.7 Å². The van der Waals surface area contributed by atoms with Crippen molar-refractivity contribution in [2.24, 2.45) is 5.92 Å². The Labute approximate surface area is 126 Å². The maximum Gasteiger partial charge on any atom is 0.230 e. The lowest BCUT2D eigenvalue weighted by molar-refractivity contribution is -0.121. The fourth-order valence-electron chi connectivity index (χ4n) is 2.53. The van der Waals surface area contributed by atoms with Crippen LogP contribution in [-0.2, 0) is 14.6 Å². The molecule has 1 aliphatic rings. The molecule has 21 heavy (non-hydrogen) atoms. The lowest BCUT2D eigenvalue weighted by Crippen LogP contribution is -2.43. The summed E-state index contributed by atoms with van der Waals surface area (Å²) in [5.74, 6) is -0.296. The smallest absolute Gasteiger partial charge is 0.230 e. The molecule has 2 rings (SSSR count). The molecule has 1 aromatic carbocycles. The monoisotopic (exact) mass is 307 g/mol. The van der Waals surface area contributed by atoms with Crippen LogP contribution in [0.25, 0.3) is 0 Å². The SMILES string of the molecule is Cc1ccc(N(C(=O)C(C)C)C2C=CS(=O)(=O)C2)c(C)c1. The quantitative estimate of drug-likeness (QED) is 0.862. The first kappa shape index (κ1) is 15.8. The Hall–Kier alpha value is -1.62. The van der Waals surface area contributed by atoms with E-state index in [0.717, 1.165) is 16.8 Å². The Kier molecular flexibility index (Phi) is 4.23. The highest BCUT2D eigenvalue weighted by Gasteiger charge is 2.32. The minimum atomic E-state index is -3.20. The number of carbonyl (C=O) groups is 1. The fraction of sp³-hybridized carbons (Fsp3) is 0.438. The summed E-state index contributed by atoms with van der Waals surface area (Å²) in [5.41, 5.74) is 2.87. The second kappa shape index (κ2) is 5.64. The molecule has 0 spiro atoms. The highest BCUT2D eigenvalue weighted by Crippen LogP contribution is 2.28. The molecule has 0 fully saturated rings. The van der Waals surface area contributed by atoms with E-state index in [1.165, 1.54) is 5.41 Å². The van der Waals surface area contributed by atoms with E-state index >= 15 is 0 Å². The first-order valence-corrected chi connectivity index (χ1v) is 8.74. The molecule has 5 heteroatoms. The predicted molar refractivity (Wildman–Crippen MR) is 85.0 cm³/mol. The van der Waals surface area contributed by atoms with Gasteiger partial charge in [0.25, 0.3) is 0 Å². The van der Waals surface area contributed by atoms with Gasteiger partial charge in [0.2, 0.25) is 5.91 Å². The van der Waals surface area contributed by atoms with Gasteiger partial charge in [-0.3, -0.25) is 4.79 Å². The summed E-state index contributed by atoms with van der Waals surface area (Å²) in [7, 11) is -3.20. The van der Waals surface area contributed by atoms with Crippen molar-refractivity contribution in [2.45, 2.75) is 33.7 Å². The Morgan fingerprint density at radius 3 is 2.43 bits per heavy atom. The van der Waals surface area contributed by atoms with Gasteiger partial charge >= 0.3 is 0 Å². The molecule has 0 aliphatic carbocycles. The van der Waals surface area contributed by atoms with Crippen molar-refractivity contribution in [1.82, 2.24) is 0 Å². The third kappa shape index (κ3) is 3.35. The Balaban J connectivity index is 2.47. The number of nitrogens with zero attached hydrogens (tertiary/aromatic N) is 1. The minimum absolute atomic E-state index is 0.0429. The molecule has 1 aromatic rings. The van der Waals surface area contributed by atoms with E-state index in [9.17, 15) is 13.2 Å². The molecule has 0 N–H and O–H groups in total. The van der Waals surface area contributed by atoms with Crippen LogP contribution < -0.4 is 4.90 Å². The van der Waals surface area contributed by atoms with E-state index in [1.807, 2.05) is 45.9 Å². The normalized spacial score (nSPS) is 20.0. The Morgan fingerprint density at radius 2 is 1.95 bits per heavy atom. The molecule has 1 atom stereocenters. The molecule has 4 nitrogen and oxygen atoms in total. The van der Waals surface area contributed by atoms with Crippen LogP contribution >= 0.6 is 0 Å². The van der Waals surface area contributed by atoms with Gasteiger partial charge in [-0.2, -0.15) is 0 Å². The molecule has 1 heterocycles. The number of hydrogen-bond acceptors (Lipinski definition) is 3. The maximum atomic E-state index is 12.6. The summed E-state index contributed by atoms with van der Waals surface area (Å²) in [6, 6.07) is 5.41. The van der Waals surface area contributed by atoms with Crippen LogP contribution in [-0.4, -0.2) is 26.1 Å². The lowest BCUT2D eigenvalue weighted by Gasteiger charge is -2.30. The zero-order valence-corrected chi connectivity index (χ0v) is 13.6. The number of rotatable bonds is 3. The van der Waals surface area contributed by atoms with Crippen LogP contribution in [0.5, 0.6) is 0 Å². The molecule has 0 radical (unpaired) electrons. The third-order valence-corrected chi connectivity index (χ3v) is 4.96. The number of hydrogen-bond donors (Lipinski definition) is 0. The second-order valence-electron chi connectivity index (χ2n) is 5.88. The molecule has 0 saturated heterocycles. The van der Waals surface area contributed by atoms with Gasteiger partial charge in [0.05, 0.1) is 11.8 Å². The minimum Gasteiger partial charge on any atom is -0.304 e. The molecule has 1 aliphatic heterocycles. The zero-order valence-electron chi connectivity index (χ0n) is 12.8. The summed E-state index contributed by atoms with van der Waals surface area (Å²) in [5, 5.41) is 1.21. The van der Waals surface area contributed by atoms with Gasteiger partial charge in [-0.15, -0.1) is 0 Å². The van der Waals surface area contributed by atoms with E-state index < -0.39 is 15.9 Å². The summed E-state index contributed by atoms with van der Waals surface area (Å²) >= 11 is 0. The largest absolute Gasteiger partial charge is 0.304 e. The van der Waals surface area contributed by atoms with Gasteiger partial charge in [0, 0.05) is 17.0 Å². The number of carbonyl (C=O) groups excluding carboxylic acids is 1. The van der Waals surface area contributed by atoms with Crippen molar-refractivity contribution in [1.29, 1.82) is 0 Å². The van der Waals surface area contributed by atoms with E-state index in [1.54, 1.807) is 11.0 Å². The molecule has 0 saturated carbocycles. The molecule has 1 amide bonds. The van der Waals surface area contributed by atoms with Gasteiger partial charge in [-0.05, 0) is 31.6 Å². The van der Waals surface area contributed by atoms with Gasteiger partial charge in [0.1, 0.15) is 0 Å². The number of sulfone groups is 1. The van der Waals surface area contributed by atoms with Gasteiger partial charge in [-0.25, -0.2) is 8.42 Å². The standard InChI is InChI=1S/C16H21NO3S/c1-11(2)16(18)17(14-7-8-21(19,20)10-14)15-6-5-12(3)9-13(15)4/h5-9,11,14H,10H2,1-4H3. The highest BCUT2D eigenvalue weighted by atomic mass is 32.2. The molecular formula is C16H21NO3S. The van der Waals surface area contributed by atoms with Crippen LogP contribution in [0.3, 0.4) is 0 Å². The van der Waals surface area contributed by atoms with Crippen molar-refractivity contribution >= 4 is 21.4 Å². The Bertz CT molecular complexity index is 689. The molecule has 0 aromatic heterocycles. The van der Waals surface area contributed by atoms with Gasteiger partial charge in [-0.1, -0.05) is 31.5 Å². The van der Waals surface area contributed by atoms with Crippen LogP contribution in [0, 0.1) is 19.8 Å². The fourth-order valence-corrected chi connectivity index (χ4v) is 3.80. The van der Waals surface area contributed by atoms with Crippen LogP contribution in [0.1, 0.15) is 25.0 Å². The van der Waals surface area contributed by atoms with E-state index in [0.29, 0.717) is 0 Å². The van der Waals surface area contributed by atoms with Gasteiger partial charge < -0.3 is 4.90 Å². The molecule has 114 valence electrons. The van der Waals surface area contributed by atoms with E-state index in [-0.39, 0.29) is 17.6 Å². The Morgan fingerprint density at radius 1 is 1.29 bits per heavy atom. The van der Waals surface area contributed by atoms with Gasteiger partial charge in [0.15, 0.2) is 9.84 Å². The molecule has 0 bridgehead atoms. The predicted octanol–water partition coefficient (Wildman–Crippen LogP) is 2.60. The first-order valence-electron chi connectivity index (χ1n) is 7.02. The average Bonchev–Trinajstić information content (AvgIpc) is 2.72. The molecular weight excluding hydrogens is 286 g/mol.